The van der Waals surface area contributed by atoms with Crippen molar-refractivity contribution in [2.45, 2.75) is 26.3 Å². The van der Waals surface area contributed by atoms with E-state index in [2.05, 4.69) is 47.7 Å². The van der Waals surface area contributed by atoms with Crippen LogP contribution in [-0.2, 0) is 5.54 Å². The Bertz CT molecular complexity index is 1220. The maximum absolute atomic E-state index is 6.57. The Hall–Kier alpha value is -3.68. The van der Waals surface area contributed by atoms with Crippen LogP contribution in [0.1, 0.15) is 20.8 Å². The highest BCUT2D eigenvalue weighted by atomic mass is 15.4. The number of anilines is 3. The summed E-state index contributed by atoms with van der Waals surface area (Å²) < 4.78 is 1.85. The Kier molecular flexibility index (Phi) is 4.92. The van der Waals surface area contributed by atoms with Crippen LogP contribution in [0.2, 0.25) is 0 Å². The van der Waals surface area contributed by atoms with E-state index in [4.69, 9.17) is 20.8 Å². The normalized spacial score (nSPS) is 14.8. The largest absolute Gasteiger partial charge is 0.383 e. The summed E-state index contributed by atoms with van der Waals surface area (Å²) in [6.45, 7) is 9.60. The molecule has 0 saturated carbocycles. The average molecular weight is 429 g/mol. The van der Waals surface area contributed by atoms with Gasteiger partial charge in [0, 0.05) is 37.9 Å². The van der Waals surface area contributed by atoms with Crippen molar-refractivity contribution in [2.75, 3.05) is 41.7 Å². The third-order valence-electron chi connectivity index (χ3n) is 5.78. The van der Waals surface area contributed by atoms with Gasteiger partial charge in [0.1, 0.15) is 11.6 Å². The number of benzene rings is 1. The minimum absolute atomic E-state index is 0.257. The lowest BCUT2D eigenvalue weighted by Gasteiger charge is -2.35. The van der Waals surface area contributed by atoms with E-state index in [1.807, 2.05) is 47.3 Å². The monoisotopic (exact) mass is 428 g/mol. The van der Waals surface area contributed by atoms with E-state index in [0.717, 1.165) is 48.6 Å². The van der Waals surface area contributed by atoms with Crippen LogP contribution in [0, 0.1) is 0 Å². The molecule has 0 atom stereocenters. The molecule has 1 aliphatic rings. The van der Waals surface area contributed by atoms with Gasteiger partial charge in [-0.15, -0.1) is 5.10 Å². The third-order valence-corrected chi connectivity index (χ3v) is 5.78. The molecule has 32 heavy (non-hydrogen) atoms. The van der Waals surface area contributed by atoms with Gasteiger partial charge in [0.15, 0.2) is 5.65 Å². The Morgan fingerprint density at radius 2 is 1.53 bits per heavy atom. The molecule has 8 nitrogen and oxygen atoms in total. The number of rotatable bonds is 3. The van der Waals surface area contributed by atoms with Gasteiger partial charge in [-0.1, -0.05) is 36.4 Å². The fraction of sp³-hybridized carbons (Fsp3) is 0.333. The maximum Gasteiger partial charge on any atom is 0.228 e. The smallest absolute Gasteiger partial charge is 0.228 e. The Balaban J connectivity index is 1.54. The Labute approximate surface area is 187 Å². The molecule has 4 heterocycles. The fourth-order valence-electron chi connectivity index (χ4n) is 4.13. The van der Waals surface area contributed by atoms with Crippen LogP contribution in [0.3, 0.4) is 0 Å². The summed E-state index contributed by atoms with van der Waals surface area (Å²) in [5, 5.41) is 5.59. The number of piperazine rings is 1. The molecule has 5 rings (SSSR count). The molecule has 1 fully saturated rings. The topological polar surface area (TPSA) is 89.0 Å². The molecule has 4 aromatic rings. The van der Waals surface area contributed by atoms with Gasteiger partial charge in [0.25, 0.3) is 0 Å². The molecule has 3 aromatic heterocycles. The molecule has 1 aliphatic heterocycles. The summed E-state index contributed by atoms with van der Waals surface area (Å²) in [4.78, 5) is 18.8. The Morgan fingerprint density at radius 3 is 2.19 bits per heavy atom. The van der Waals surface area contributed by atoms with Crippen molar-refractivity contribution in [1.29, 1.82) is 0 Å². The highest BCUT2D eigenvalue weighted by Crippen LogP contribution is 2.34. The minimum atomic E-state index is -0.257. The van der Waals surface area contributed by atoms with Crippen molar-refractivity contribution in [1.82, 2.24) is 24.7 Å². The zero-order valence-electron chi connectivity index (χ0n) is 18.7. The predicted molar refractivity (Wildman–Crippen MR) is 129 cm³/mol. The molecule has 0 amide bonds. The molecular weight excluding hydrogens is 400 g/mol. The van der Waals surface area contributed by atoms with Gasteiger partial charge in [-0.2, -0.15) is 4.98 Å². The van der Waals surface area contributed by atoms with Gasteiger partial charge < -0.3 is 15.5 Å². The van der Waals surface area contributed by atoms with Gasteiger partial charge >= 0.3 is 0 Å². The van der Waals surface area contributed by atoms with Crippen molar-refractivity contribution in [2.24, 2.45) is 0 Å². The summed E-state index contributed by atoms with van der Waals surface area (Å²) in [5.41, 5.74) is 8.78. The molecular formula is C24H28N8. The predicted octanol–water partition coefficient (Wildman–Crippen LogP) is 3.55. The van der Waals surface area contributed by atoms with E-state index in [1.165, 1.54) is 0 Å². The molecule has 0 spiro atoms. The quantitative estimate of drug-likeness (QED) is 0.534. The van der Waals surface area contributed by atoms with Crippen molar-refractivity contribution >= 4 is 28.6 Å². The van der Waals surface area contributed by atoms with Crippen LogP contribution in [0.15, 0.2) is 54.7 Å². The molecule has 0 unspecified atom stereocenters. The summed E-state index contributed by atoms with van der Waals surface area (Å²) in [6, 6.07) is 16.1. The standard InChI is InChI=1S/C24H28N8/c1-24(2,3)32-21(25)19-20(17-9-5-4-6-10-17)27-23(28-22(19)29-32)31-15-13-30(14-16-31)18-11-7-8-12-26-18/h4-12H,13-16,25H2,1-3H3. The fourth-order valence-corrected chi connectivity index (χ4v) is 4.13. The summed E-state index contributed by atoms with van der Waals surface area (Å²) in [7, 11) is 0. The van der Waals surface area contributed by atoms with Crippen LogP contribution in [0.25, 0.3) is 22.3 Å². The van der Waals surface area contributed by atoms with E-state index in [-0.39, 0.29) is 5.54 Å². The first-order valence-electron chi connectivity index (χ1n) is 10.9. The molecule has 0 radical (unpaired) electrons. The highest BCUT2D eigenvalue weighted by Gasteiger charge is 2.26. The number of hydrogen-bond acceptors (Lipinski definition) is 7. The van der Waals surface area contributed by atoms with E-state index in [1.54, 1.807) is 0 Å². The number of hydrogen-bond donors (Lipinski definition) is 1. The van der Waals surface area contributed by atoms with E-state index in [9.17, 15) is 0 Å². The first kappa shape index (κ1) is 20.2. The molecule has 164 valence electrons. The SMILES string of the molecule is CC(C)(C)n1nc2nc(N3CCN(c4ccccn4)CC3)nc(-c3ccccc3)c2c1N. The second-order valence-electron chi connectivity index (χ2n) is 9.07. The van der Waals surface area contributed by atoms with Crippen molar-refractivity contribution < 1.29 is 0 Å². The number of nitrogens with zero attached hydrogens (tertiary/aromatic N) is 7. The van der Waals surface area contributed by atoms with Crippen LogP contribution in [0.4, 0.5) is 17.6 Å². The van der Waals surface area contributed by atoms with Crippen LogP contribution >= 0.6 is 0 Å². The van der Waals surface area contributed by atoms with Crippen LogP contribution < -0.4 is 15.5 Å². The highest BCUT2D eigenvalue weighted by molar-refractivity contribution is 5.99. The van der Waals surface area contributed by atoms with Crippen molar-refractivity contribution in [3.8, 4) is 11.3 Å². The van der Waals surface area contributed by atoms with Crippen LogP contribution in [-0.4, -0.2) is 50.9 Å². The van der Waals surface area contributed by atoms with Gasteiger partial charge in [-0.3, -0.25) is 0 Å². The zero-order chi connectivity index (χ0) is 22.3. The molecule has 0 aliphatic carbocycles. The molecule has 0 bridgehead atoms. The maximum atomic E-state index is 6.57. The van der Waals surface area contributed by atoms with Gasteiger partial charge in [-0.05, 0) is 32.9 Å². The average Bonchev–Trinajstić information content (AvgIpc) is 3.17. The van der Waals surface area contributed by atoms with Gasteiger partial charge in [-0.25, -0.2) is 14.6 Å². The lowest BCUT2D eigenvalue weighted by molar-refractivity contribution is 0.364. The summed E-state index contributed by atoms with van der Waals surface area (Å²) in [6.07, 6.45) is 1.83. The second kappa shape index (κ2) is 7.78. The van der Waals surface area contributed by atoms with Gasteiger partial charge in [0.05, 0.1) is 16.6 Å². The van der Waals surface area contributed by atoms with Crippen molar-refractivity contribution in [3.05, 3.63) is 54.7 Å². The lowest BCUT2D eigenvalue weighted by atomic mass is 10.1. The molecule has 8 heteroatoms. The zero-order valence-corrected chi connectivity index (χ0v) is 18.7. The summed E-state index contributed by atoms with van der Waals surface area (Å²) in [5.74, 6) is 2.29. The third kappa shape index (κ3) is 3.62. The Morgan fingerprint density at radius 1 is 0.844 bits per heavy atom. The first-order chi connectivity index (χ1) is 15.4. The molecule has 1 saturated heterocycles. The van der Waals surface area contributed by atoms with Crippen molar-refractivity contribution in [3.63, 3.8) is 0 Å². The number of nitrogen functional groups attached to an aromatic ring is 1. The minimum Gasteiger partial charge on any atom is -0.383 e. The van der Waals surface area contributed by atoms with E-state index >= 15 is 0 Å². The lowest BCUT2D eigenvalue weighted by Crippen LogP contribution is -2.47. The van der Waals surface area contributed by atoms with E-state index in [0.29, 0.717) is 17.4 Å². The number of aromatic nitrogens is 5. The first-order valence-corrected chi connectivity index (χ1v) is 10.9. The molecule has 1 aromatic carbocycles. The second-order valence-corrected chi connectivity index (χ2v) is 9.07. The van der Waals surface area contributed by atoms with Crippen LogP contribution in [0.5, 0.6) is 0 Å². The summed E-state index contributed by atoms with van der Waals surface area (Å²) >= 11 is 0. The number of nitrogens with two attached hydrogens (primary N) is 1. The number of pyridine rings is 1. The number of fused-ring (bicyclic) bond motifs is 1. The van der Waals surface area contributed by atoms with Gasteiger partial charge in [0.2, 0.25) is 5.95 Å². The molecule has 2 N–H and O–H groups in total. The van der Waals surface area contributed by atoms with E-state index < -0.39 is 0 Å².